The summed E-state index contributed by atoms with van der Waals surface area (Å²) in [6.07, 6.45) is -9.33. The fourth-order valence-electron chi connectivity index (χ4n) is 3.97. The van der Waals surface area contributed by atoms with E-state index in [2.05, 4.69) is 0 Å². The molecule has 0 aromatic heterocycles. The second-order valence-corrected chi connectivity index (χ2v) is 9.37. The number of hydrogen-bond donors (Lipinski definition) is 0. The maximum Gasteiger partial charge on any atom is 0.514 e. The van der Waals surface area contributed by atoms with E-state index >= 15 is 0 Å². The van der Waals surface area contributed by atoms with Crippen LogP contribution in [0, 0.1) is 10.1 Å². The number of benzene rings is 2. The Kier molecular flexibility index (Phi) is 11.4. The van der Waals surface area contributed by atoms with Crippen LogP contribution in [0.3, 0.4) is 0 Å². The molecular formula is C27H26ClNO15. The monoisotopic (exact) mass is 639 g/mol. The number of nitrogens with zero attached hydrogens (tertiary/aromatic N) is 1. The zero-order chi connectivity index (χ0) is 32.6. The molecule has 1 aliphatic heterocycles. The first kappa shape index (κ1) is 33.5. The quantitative estimate of drug-likeness (QED) is 0.120. The number of esters is 4. The van der Waals surface area contributed by atoms with Gasteiger partial charge in [0.15, 0.2) is 18.3 Å². The third-order valence-electron chi connectivity index (χ3n) is 5.69. The Hall–Kier alpha value is -4.96. The molecule has 17 heteroatoms. The topological polar surface area (TPSA) is 202 Å². The van der Waals surface area contributed by atoms with Crippen LogP contribution in [0.5, 0.6) is 11.5 Å². The second-order valence-electron chi connectivity index (χ2n) is 8.93. The predicted molar refractivity (Wildman–Crippen MR) is 143 cm³/mol. The Morgan fingerprint density at radius 3 is 2.05 bits per heavy atom. The molecular weight excluding hydrogens is 614 g/mol. The molecule has 0 radical (unpaired) electrons. The van der Waals surface area contributed by atoms with Crippen LogP contribution < -0.4 is 9.47 Å². The van der Waals surface area contributed by atoms with Gasteiger partial charge in [-0.25, -0.2) is 9.59 Å². The van der Waals surface area contributed by atoms with E-state index in [9.17, 15) is 34.1 Å². The van der Waals surface area contributed by atoms with Gasteiger partial charge in [0.25, 0.3) is 5.69 Å². The smallest absolute Gasteiger partial charge is 0.467 e. The van der Waals surface area contributed by atoms with Crippen molar-refractivity contribution in [3.63, 3.8) is 0 Å². The van der Waals surface area contributed by atoms with Crippen molar-refractivity contribution in [3.8, 4) is 11.5 Å². The fraction of sp³-hybridized carbons (Fsp3) is 0.370. The Balaban J connectivity index is 1.89. The Labute approximate surface area is 254 Å². The molecule has 2 aromatic rings. The highest BCUT2D eigenvalue weighted by Gasteiger charge is 2.56. The highest BCUT2D eigenvalue weighted by atomic mass is 35.5. The number of non-ortho nitro benzene ring substituents is 1. The van der Waals surface area contributed by atoms with Crippen molar-refractivity contribution in [2.75, 3.05) is 7.11 Å². The van der Waals surface area contributed by atoms with Crippen LogP contribution in [0.4, 0.5) is 10.5 Å². The summed E-state index contributed by atoms with van der Waals surface area (Å²) in [5, 5.41) is 11.0. The number of carbonyl (C=O) groups is 5. The number of nitro groups is 1. The normalized spacial score (nSPS) is 20.8. The standard InChI is InChI=1S/C27H26ClNO15/c1-13(30)39-21-22(40-14(2)31)24(41-15(3)32)26(44-23(21)25(33)37-4)43-20-10-5-17(28)11-16(20)12-38-27(34)42-19-8-6-18(7-9-19)29(35)36/h5-11,21-24,26H,12H2,1-4H3/t21-,22-,23-,24+,26+/m0/s1. The minimum Gasteiger partial charge on any atom is -0.467 e. The van der Waals surface area contributed by atoms with E-state index in [-0.39, 0.29) is 27.8 Å². The van der Waals surface area contributed by atoms with E-state index in [1.54, 1.807) is 0 Å². The molecule has 1 fully saturated rings. The van der Waals surface area contributed by atoms with E-state index in [1.807, 2.05) is 0 Å². The van der Waals surface area contributed by atoms with Gasteiger partial charge in [0, 0.05) is 43.5 Å². The Morgan fingerprint density at radius 1 is 0.886 bits per heavy atom. The fourth-order valence-corrected chi connectivity index (χ4v) is 4.17. The van der Waals surface area contributed by atoms with Crippen LogP contribution in [0.1, 0.15) is 26.3 Å². The van der Waals surface area contributed by atoms with Gasteiger partial charge in [-0.1, -0.05) is 11.6 Å². The van der Waals surface area contributed by atoms with Crippen LogP contribution in [-0.2, 0) is 54.2 Å². The molecule has 0 N–H and O–H groups in total. The van der Waals surface area contributed by atoms with E-state index in [4.69, 9.17) is 49.5 Å². The minimum absolute atomic E-state index is 0.0318. The number of methoxy groups -OCH3 is 1. The predicted octanol–water partition coefficient (Wildman–Crippen LogP) is 3.04. The van der Waals surface area contributed by atoms with Gasteiger partial charge < -0.3 is 37.9 Å². The molecule has 0 unspecified atom stereocenters. The minimum atomic E-state index is -1.70. The van der Waals surface area contributed by atoms with Crippen molar-refractivity contribution in [2.24, 2.45) is 0 Å². The van der Waals surface area contributed by atoms with Crippen molar-refractivity contribution in [1.82, 2.24) is 0 Å². The summed E-state index contributed by atoms with van der Waals surface area (Å²) in [6.45, 7) is 2.64. The first-order valence-corrected chi connectivity index (χ1v) is 13.0. The molecule has 0 saturated carbocycles. The summed E-state index contributed by atoms with van der Waals surface area (Å²) in [5.74, 6) is -3.72. The number of carbonyl (C=O) groups excluding carboxylic acids is 5. The van der Waals surface area contributed by atoms with Crippen LogP contribution in [-0.4, -0.2) is 72.8 Å². The van der Waals surface area contributed by atoms with Gasteiger partial charge in [0.1, 0.15) is 18.1 Å². The van der Waals surface area contributed by atoms with E-state index < -0.39 is 72.3 Å². The molecule has 5 atom stereocenters. The number of rotatable bonds is 10. The van der Waals surface area contributed by atoms with Crippen LogP contribution in [0.25, 0.3) is 0 Å². The molecule has 2 aromatic carbocycles. The molecule has 0 amide bonds. The number of hydrogen-bond acceptors (Lipinski definition) is 15. The van der Waals surface area contributed by atoms with Gasteiger partial charge in [-0.05, 0) is 30.3 Å². The molecule has 0 aliphatic carbocycles. The highest BCUT2D eigenvalue weighted by molar-refractivity contribution is 6.30. The average Bonchev–Trinajstić information content (AvgIpc) is 2.95. The maximum absolute atomic E-state index is 12.6. The molecule has 1 saturated heterocycles. The van der Waals surface area contributed by atoms with Crippen molar-refractivity contribution in [2.45, 2.75) is 58.1 Å². The number of halogens is 1. The summed E-state index contributed by atoms with van der Waals surface area (Å²) >= 11 is 6.12. The molecule has 3 rings (SSSR count). The molecule has 44 heavy (non-hydrogen) atoms. The zero-order valence-electron chi connectivity index (χ0n) is 23.6. The summed E-state index contributed by atoms with van der Waals surface area (Å²) in [6, 6.07) is 8.78. The summed E-state index contributed by atoms with van der Waals surface area (Å²) in [5.41, 5.74) is -0.0722. The first-order valence-electron chi connectivity index (χ1n) is 12.6. The van der Waals surface area contributed by atoms with E-state index in [1.165, 1.54) is 30.3 Å². The SMILES string of the molecule is COC(=O)[C@H]1O[C@@H](Oc2ccc(Cl)cc2COC(=O)Oc2ccc([N+](=O)[O-])cc2)[C@H](OC(C)=O)[C@@H](OC(C)=O)[C@@H]1OC(C)=O. The highest BCUT2D eigenvalue weighted by Crippen LogP contribution is 2.33. The van der Waals surface area contributed by atoms with Gasteiger partial charge in [0.05, 0.1) is 12.0 Å². The third-order valence-corrected chi connectivity index (χ3v) is 5.93. The molecule has 16 nitrogen and oxygen atoms in total. The lowest BCUT2D eigenvalue weighted by molar-refractivity contribution is -0.384. The average molecular weight is 640 g/mol. The summed E-state index contributed by atoms with van der Waals surface area (Å²) in [7, 11) is 1.04. The van der Waals surface area contributed by atoms with E-state index in [0.717, 1.165) is 40.0 Å². The molecule has 236 valence electrons. The number of nitro benzene ring substituents is 1. The second kappa shape index (κ2) is 15.0. The molecule has 0 bridgehead atoms. The molecule has 0 spiro atoms. The summed E-state index contributed by atoms with van der Waals surface area (Å²) in [4.78, 5) is 71.0. The summed E-state index contributed by atoms with van der Waals surface area (Å²) < 4.78 is 42.4. The van der Waals surface area contributed by atoms with Crippen molar-refractivity contribution in [1.29, 1.82) is 0 Å². The zero-order valence-corrected chi connectivity index (χ0v) is 24.3. The van der Waals surface area contributed by atoms with Crippen LogP contribution >= 0.6 is 11.6 Å². The third kappa shape index (κ3) is 9.02. The van der Waals surface area contributed by atoms with Gasteiger partial charge >= 0.3 is 30.0 Å². The van der Waals surface area contributed by atoms with Crippen molar-refractivity contribution < 1.29 is 66.8 Å². The molecule has 1 heterocycles. The first-order chi connectivity index (χ1) is 20.8. The van der Waals surface area contributed by atoms with Crippen LogP contribution in [0.2, 0.25) is 5.02 Å². The van der Waals surface area contributed by atoms with Crippen LogP contribution in [0.15, 0.2) is 42.5 Å². The van der Waals surface area contributed by atoms with Gasteiger partial charge in [-0.3, -0.25) is 24.5 Å². The lowest BCUT2D eigenvalue weighted by Gasteiger charge is -2.43. The number of ether oxygens (including phenoxy) is 8. The van der Waals surface area contributed by atoms with E-state index in [0.29, 0.717) is 0 Å². The van der Waals surface area contributed by atoms with Crippen molar-refractivity contribution in [3.05, 3.63) is 63.2 Å². The van der Waals surface area contributed by atoms with Gasteiger partial charge in [-0.15, -0.1) is 0 Å². The van der Waals surface area contributed by atoms with Crippen molar-refractivity contribution >= 4 is 47.3 Å². The maximum atomic E-state index is 12.6. The lowest BCUT2D eigenvalue weighted by Crippen LogP contribution is -2.64. The van der Waals surface area contributed by atoms with Gasteiger partial charge in [0.2, 0.25) is 12.4 Å². The van der Waals surface area contributed by atoms with Gasteiger partial charge in [-0.2, -0.15) is 0 Å². The molecule has 1 aliphatic rings. The lowest BCUT2D eigenvalue weighted by atomic mass is 9.97. The largest absolute Gasteiger partial charge is 0.514 e. The Morgan fingerprint density at radius 2 is 1.48 bits per heavy atom. The Bertz CT molecular complexity index is 1410.